The van der Waals surface area contributed by atoms with E-state index in [1.807, 2.05) is 31.2 Å². The molecule has 0 aromatic heterocycles. The van der Waals surface area contributed by atoms with Crippen molar-refractivity contribution in [3.05, 3.63) is 136 Å². The maximum atomic E-state index is 12.3. The van der Waals surface area contributed by atoms with E-state index in [9.17, 15) is 4.79 Å². The lowest BCUT2D eigenvalue weighted by molar-refractivity contribution is -0.156. The van der Waals surface area contributed by atoms with Crippen LogP contribution in [-0.2, 0) is 44.7 Å². The SMILES string of the molecule is CCCc1ccc2c(c1)C=Cc1c(CCc3ccccc3)cccc1C2OCCOc1ccc(CC(OCC)C(=O)OCC)cc1. The summed E-state index contributed by atoms with van der Waals surface area (Å²) in [5, 5.41) is 0. The lowest BCUT2D eigenvalue weighted by atomic mass is 9.91. The zero-order valence-electron chi connectivity index (χ0n) is 27.4. The highest BCUT2D eigenvalue weighted by Gasteiger charge is 2.24. The second-order valence-electron chi connectivity index (χ2n) is 11.6. The predicted octanol–water partition coefficient (Wildman–Crippen LogP) is 8.60. The van der Waals surface area contributed by atoms with Gasteiger partial charge in [0.25, 0.3) is 0 Å². The molecule has 2 unspecified atom stereocenters. The molecule has 0 saturated carbocycles. The zero-order chi connectivity index (χ0) is 32.1. The molecule has 2 atom stereocenters. The Morgan fingerprint density at radius 3 is 2.28 bits per heavy atom. The summed E-state index contributed by atoms with van der Waals surface area (Å²) in [6.07, 6.45) is 8.32. The van der Waals surface area contributed by atoms with Crippen LogP contribution in [-0.4, -0.2) is 38.5 Å². The third-order valence-corrected chi connectivity index (χ3v) is 8.34. The van der Waals surface area contributed by atoms with Crippen molar-refractivity contribution in [1.82, 2.24) is 0 Å². The number of benzene rings is 4. The summed E-state index contributed by atoms with van der Waals surface area (Å²) >= 11 is 0. The Morgan fingerprint density at radius 1 is 0.717 bits per heavy atom. The maximum absolute atomic E-state index is 12.3. The smallest absolute Gasteiger partial charge is 0.335 e. The molecule has 46 heavy (non-hydrogen) atoms. The molecule has 0 heterocycles. The minimum Gasteiger partial charge on any atom is -0.491 e. The van der Waals surface area contributed by atoms with Crippen molar-refractivity contribution >= 4 is 18.1 Å². The van der Waals surface area contributed by atoms with Crippen molar-refractivity contribution in [3.8, 4) is 5.75 Å². The Hall–Kier alpha value is -4.19. The Labute approximate surface area is 274 Å². The Morgan fingerprint density at radius 2 is 1.52 bits per heavy atom. The standard InChI is InChI=1S/C41H46O5/c1-4-11-31-19-24-37-34(28-31)21-25-36-33(20-16-30-12-8-7-9-13-30)14-10-15-38(36)40(37)46-27-26-45-35-22-17-32(18-23-35)29-39(43-5-2)41(42)44-6-3/h7-10,12-15,17-19,21-25,28,39-40H,4-6,11,16,20,26-27,29H2,1-3H3. The van der Waals surface area contributed by atoms with Crippen LogP contribution < -0.4 is 4.74 Å². The summed E-state index contributed by atoms with van der Waals surface area (Å²) in [5.74, 6) is 0.427. The highest BCUT2D eigenvalue weighted by Crippen LogP contribution is 2.37. The second-order valence-corrected chi connectivity index (χ2v) is 11.6. The van der Waals surface area contributed by atoms with E-state index in [0.717, 1.165) is 37.0 Å². The molecular formula is C41H46O5. The fourth-order valence-electron chi connectivity index (χ4n) is 6.09. The quantitative estimate of drug-likeness (QED) is 0.0930. The number of ether oxygens (including phenoxy) is 4. The highest BCUT2D eigenvalue weighted by atomic mass is 16.6. The number of aryl methyl sites for hydroxylation is 3. The van der Waals surface area contributed by atoms with Crippen LogP contribution in [0.15, 0.2) is 91.0 Å². The first-order valence-corrected chi connectivity index (χ1v) is 16.7. The van der Waals surface area contributed by atoms with Gasteiger partial charge in [-0.15, -0.1) is 0 Å². The van der Waals surface area contributed by atoms with Gasteiger partial charge in [0.2, 0.25) is 0 Å². The third-order valence-electron chi connectivity index (χ3n) is 8.34. The molecular weight excluding hydrogens is 572 g/mol. The third kappa shape index (κ3) is 8.74. The largest absolute Gasteiger partial charge is 0.491 e. The number of rotatable bonds is 16. The van der Waals surface area contributed by atoms with Crippen LogP contribution in [0.2, 0.25) is 0 Å². The van der Waals surface area contributed by atoms with Crippen LogP contribution in [0, 0.1) is 0 Å². The summed E-state index contributed by atoms with van der Waals surface area (Å²) < 4.78 is 23.6. The average molecular weight is 619 g/mol. The lowest BCUT2D eigenvalue weighted by Crippen LogP contribution is -2.28. The fraction of sp³-hybridized carbons (Fsp3) is 0.341. The van der Waals surface area contributed by atoms with Gasteiger partial charge in [-0.3, -0.25) is 0 Å². The van der Waals surface area contributed by atoms with Gasteiger partial charge in [-0.25, -0.2) is 4.79 Å². The van der Waals surface area contributed by atoms with Crippen LogP contribution in [0.4, 0.5) is 0 Å². The number of carbonyl (C=O) groups is 1. The minimum absolute atomic E-state index is 0.197. The number of hydrogen-bond donors (Lipinski definition) is 0. The fourth-order valence-corrected chi connectivity index (χ4v) is 6.09. The van der Waals surface area contributed by atoms with Gasteiger partial charge in [0.15, 0.2) is 6.10 Å². The van der Waals surface area contributed by atoms with Crippen molar-refractivity contribution in [1.29, 1.82) is 0 Å². The number of fused-ring (bicyclic) bond motifs is 2. The maximum Gasteiger partial charge on any atom is 0.335 e. The van der Waals surface area contributed by atoms with Gasteiger partial charge in [0.1, 0.15) is 18.5 Å². The highest BCUT2D eigenvalue weighted by molar-refractivity contribution is 5.78. The van der Waals surface area contributed by atoms with Gasteiger partial charge in [0.05, 0.1) is 13.2 Å². The molecule has 5 rings (SSSR count). The van der Waals surface area contributed by atoms with Crippen LogP contribution in [0.5, 0.6) is 5.75 Å². The van der Waals surface area contributed by atoms with Gasteiger partial charge >= 0.3 is 5.97 Å². The van der Waals surface area contributed by atoms with Crippen molar-refractivity contribution in [2.45, 2.75) is 65.1 Å². The van der Waals surface area contributed by atoms with E-state index < -0.39 is 6.10 Å². The van der Waals surface area contributed by atoms with E-state index in [4.69, 9.17) is 18.9 Å². The van der Waals surface area contributed by atoms with E-state index in [2.05, 4.69) is 85.8 Å². The van der Waals surface area contributed by atoms with Crippen molar-refractivity contribution in [2.24, 2.45) is 0 Å². The molecule has 4 aromatic rings. The average Bonchev–Trinajstić information content (AvgIpc) is 3.23. The zero-order valence-corrected chi connectivity index (χ0v) is 27.4. The topological polar surface area (TPSA) is 54.0 Å². The second kappa shape index (κ2) is 16.9. The van der Waals surface area contributed by atoms with E-state index in [1.165, 1.54) is 38.9 Å². The summed E-state index contributed by atoms with van der Waals surface area (Å²) in [6, 6.07) is 31.9. The molecule has 5 heteroatoms. The Bertz CT molecular complexity index is 1570. The van der Waals surface area contributed by atoms with E-state index in [1.54, 1.807) is 6.92 Å². The molecule has 240 valence electrons. The Kier molecular flexibility index (Phi) is 12.2. The van der Waals surface area contributed by atoms with Gasteiger partial charge in [0, 0.05) is 13.0 Å². The van der Waals surface area contributed by atoms with Gasteiger partial charge in [-0.05, 0) is 89.8 Å². The van der Waals surface area contributed by atoms with Crippen molar-refractivity contribution in [2.75, 3.05) is 26.4 Å². The van der Waals surface area contributed by atoms with E-state index >= 15 is 0 Å². The van der Waals surface area contributed by atoms with Gasteiger partial charge < -0.3 is 18.9 Å². The van der Waals surface area contributed by atoms with Gasteiger partial charge in [-0.1, -0.05) is 104 Å². The Balaban J connectivity index is 1.28. The van der Waals surface area contributed by atoms with E-state index in [-0.39, 0.29) is 12.1 Å². The molecule has 0 amide bonds. The first-order valence-electron chi connectivity index (χ1n) is 16.7. The van der Waals surface area contributed by atoms with Gasteiger partial charge in [-0.2, -0.15) is 0 Å². The first-order chi connectivity index (χ1) is 22.6. The first kappa shape index (κ1) is 33.2. The summed E-state index contributed by atoms with van der Waals surface area (Å²) in [5.41, 5.74) is 9.85. The lowest BCUT2D eigenvalue weighted by Gasteiger charge is -2.23. The molecule has 1 aliphatic rings. The molecule has 0 bridgehead atoms. The molecule has 0 saturated heterocycles. The summed E-state index contributed by atoms with van der Waals surface area (Å²) in [4.78, 5) is 12.3. The molecule has 0 spiro atoms. The monoisotopic (exact) mass is 618 g/mol. The predicted molar refractivity (Wildman–Crippen MR) is 185 cm³/mol. The van der Waals surface area contributed by atoms with E-state index in [0.29, 0.717) is 32.8 Å². The minimum atomic E-state index is -0.609. The molecule has 0 aliphatic heterocycles. The number of carbonyl (C=O) groups excluding carboxylic acids is 1. The molecule has 0 radical (unpaired) electrons. The molecule has 1 aliphatic carbocycles. The molecule has 0 N–H and O–H groups in total. The molecule has 0 fully saturated rings. The summed E-state index contributed by atoms with van der Waals surface area (Å²) in [6.45, 7) is 7.53. The molecule has 4 aromatic carbocycles. The van der Waals surface area contributed by atoms with Crippen LogP contribution in [0.1, 0.15) is 77.8 Å². The molecule has 5 nitrogen and oxygen atoms in total. The normalized spacial score (nSPS) is 14.2. The number of hydrogen-bond acceptors (Lipinski definition) is 5. The summed E-state index contributed by atoms with van der Waals surface area (Å²) in [7, 11) is 0. The number of esters is 1. The van der Waals surface area contributed by atoms with Crippen molar-refractivity contribution < 1.29 is 23.7 Å². The van der Waals surface area contributed by atoms with Crippen molar-refractivity contribution in [3.63, 3.8) is 0 Å². The van der Waals surface area contributed by atoms with Crippen LogP contribution in [0.3, 0.4) is 0 Å². The van der Waals surface area contributed by atoms with Crippen LogP contribution >= 0.6 is 0 Å². The van der Waals surface area contributed by atoms with Crippen LogP contribution in [0.25, 0.3) is 12.2 Å².